The van der Waals surface area contributed by atoms with E-state index in [1.807, 2.05) is 45.0 Å². The minimum atomic E-state index is -0.403. The van der Waals surface area contributed by atoms with Crippen molar-refractivity contribution < 1.29 is 13.6 Å². The van der Waals surface area contributed by atoms with Gasteiger partial charge in [0.25, 0.3) is 0 Å². The number of carbonyl (C=O) groups is 1. The summed E-state index contributed by atoms with van der Waals surface area (Å²) in [7, 11) is 0. The van der Waals surface area contributed by atoms with E-state index in [0.29, 0.717) is 22.4 Å². The molecule has 4 rings (SSSR count). The number of carbonyl (C=O) groups excluding carboxylic acids is 1. The zero-order chi connectivity index (χ0) is 22.7. The summed E-state index contributed by atoms with van der Waals surface area (Å²) < 4.78 is 21.6. The normalized spacial score (nSPS) is 11.2. The average Bonchev–Trinajstić information content (AvgIpc) is 3.40. The number of amides is 1. The Balaban J connectivity index is 1.58. The second-order valence-electron chi connectivity index (χ2n) is 7.39. The summed E-state index contributed by atoms with van der Waals surface area (Å²) in [6, 6.07) is 14.1. The van der Waals surface area contributed by atoms with E-state index in [0.717, 1.165) is 11.3 Å². The number of nitrogens with zero attached hydrogens (tertiary/aromatic N) is 5. The number of halogens is 1. The Kier molecular flexibility index (Phi) is 6.31. The van der Waals surface area contributed by atoms with Gasteiger partial charge in [-0.25, -0.2) is 4.39 Å². The molecule has 4 aromatic rings. The highest BCUT2D eigenvalue weighted by Crippen LogP contribution is 2.29. The molecule has 0 radical (unpaired) electrons. The number of rotatable bonds is 7. The molecule has 2 aromatic carbocycles. The molecule has 0 saturated heterocycles. The number of hydrogen-bond donors (Lipinski definition) is 1. The Labute approximate surface area is 188 Å². The zero-order valence-electron chi connectivity index (χ0n) is 17.7. The summed E-state index contributed by atoms with van der Waals surface area (Å²) in [6.07, 6.45) is 0. The van der Waals surface area contributed by atoms with Crippen LogP contribution in [-0.4, -0.2) is 36.6 Å². The molecule has 0 bridgehead atoms. The third-order valence-electron chi connectivity index (χ3n) is 4.55. The van der Waals surface area contributed by atoms with Gasteiger partial charge in [-0.15, -0.1) is 15.3 Å². The fourth-order valence-corrected chi connectivity index (χ4v) is 3.66. The molecule has 8 nitrogen and oxygen atoms in total. The van der Waals surface area contributed by atoms with Crippen LogP contribution < -0.4 is 5.32 Å². The van der Waals surface area contributed by atoms with Gasteiger partial charge in [0.05, 0.1) is 11.3 Å². The van der Waals surface area contributed by atoms with Crippen molar-refractivity contribution in [1.82, 2.24) is 25.0 Å². The van der Waals surface area contributed by atoms with Crippen LogP contribution in [0.1, 0.15) is 31.2 Å². The first-order valence-electron chi connectivity index (χ1n) is 9.96. The lowest BCUT2D eigenvalue weighted by Crippen LogP contribution is -2.15. The van der Waals surface area contributed by atoms with E-state index in [4.69, 9.17) is 4.42 Å². The van der Waals surface area contributed by atoms with Crippen LogP contribution in [0.4, 0.5) is 10.4 Å². The lowest BCUT2D eigenvalue weighted by molar-refractivity contribution is -0.113. The molecule has 0 spiro atoms. The van der Waals surface area contributed by atoms with Crippen LogP contribution in [0.2, 0.25) is 0 Å². The highest BCUT2D eigenvalue weighted by Gasteiger charge is 2.20. The van der Waals surface area contributed by atoms with Crippen molar-refractivity contribution in [3.63, 3.8) is 0 Å². The lowest BCUT2D eigenvalue weighted by atomic mass is 10.2. The van der Waals surface area contributed by atoms with Crippen molar-refractivity contribution >= 4 is 23.7 Å². The van der Waals surface area contributed by atoms with Gasteiger partial charge in [0, 0.05) is 11.6 Å². The molecule has 32 heavy (non-hydrogen) atoms. The van der Waals surface area contributed by atoms with Crippen molar-refractivity contribution in [2.24, 2.45) is 0 Å². The van der Waals surface area contributed by atoms with Gasteiger partial charge < -0.3 is 4.42 Å². The van der Waals surface area contributed by atoms with E-state index in [1.54, 1.807) is 22.8 Å². The Morgan fingerprint density at radius 1 is 1.09 bits per heavy atom. The van der Waals surface area contributed by atoms with Gasteiger partial charge in [-0.2, -0.15) is 0 Å². The number of anilines is 1. The third-order valence-corrected chi connectivity index (χ3v) is 5.48. The number of hydrogen-bond acceptors (Lipinski definition) is 7. The molecule has 164 valence electrons. The second kappa shape index (κ2) is 9.31. The first-order valence-corrected chi connectivity index (χ1v) is 10.9. The zero-order valence-corrected chi connectivity index (χ0v) is 18.6. The van der Waals surface area contributed by atoms with Gasteiger partial charge in [-0.05, 0) is 31.2 Å². The van der Waals surface area contributed by atoms with Gasteiger partial charge in [-0.3, -0.25) is 14.7 Å². The maximum atomic E-state index is 14.5. The molecule has 0 aliphatic rings. The highest BCUT2D eigenvalue weighted by molar-refractivity contribution is 7.99. The summed E-state index contributed by atoms with van der Waals surface area (Å²) in [4.78, 5) is 12.4. The van der Waals surface area contributed by atoms with Crippen LogP contribution in [-0.2, 0) is 4.79 Å². The monoisotopic (exact) mass is 452 g/mol. The second-order valence-corrected chi connectivity index (χ2v) is 8.34. The Hall–Kier alpha value is -3.53. The SMILES string of the molecule is Cc1ccc(-n2c(SCC(=O)Nc3nnc(C(C)C)o3)nnc2-c2ccccc2F)cc1. The summed E-state index contributed by atoms with van der Waals surface area (Å²) in [5, 5.41) is 19.2. The molecule has 0 aliphatic heterocycles. The Morgan fingerprint density at radius 2 is 1.84 bits per heavy atom. The highest BCUT2D eigenvalue weighted by atomic mass is 32.2. The summed E-state index contributed by atoms with van der Waals surface area (Å²) in [5.41, 5.74) is 2.17. The van der Waals surface area contributed by atoms with Gasteiger partial charge in [0.1, 0.15) is 5.82 Å². The maximum absolute atomic E-state index is 14.5. The lowest BCUT2D eigenvalue weighted by Gasteiger charge is -2.11. The van der Waals surface area contributed by atoms with Crippen LogP contribution in [0.3, 0.4) is 0 Å². The largest absolute Gasteiger partial charge is 0.408 e. The number of nitrogens with one attached hydrogen (secondary N) is 1. The minimum Gasteiger partial charge on any atom is -0.408 e. The third kappa shape index (κ3) is 4.70. The van der Waals surface area contributed by atoms with Crippen molar-refractivity contribution in [3.05, 3.63) is 65.8 Å². The standard InChI is InChI=1S/C22H21FN6O2S/c1-13(2)20-26-27-21(31-20)24-18(30)12-32-22-28-25-19(16-6-4-5-7-17(16)23)29(22)15-10-8-14(3)9-11-15/h4-11,13H,12H2,1-3H3,(H,24,27,30). The number of aryl methyl sites for hydroxylation is 1. The molecule has 0 saturated carbocycles. The van der Waals surface area contributed by atoms with Crippen LogP contribution in [0.5, 0.6) is 0 Å². The molecule has 2 aromatic heterocycles. The molecular formula is C22H21FN6O2S. The van der Waals surface area contributed by atoms with Crippen LogP contribution in [0, 0.1) is 12.7 Å². The van der Waals surface area contributed by atoms with E-state index in [-0.39, 0.29) is 23.6 Å². The van der Waals surface area contributed by atoms with Crippen LogP contribution in [0.25, 0.3) is 17.1 Å². The fraction of sp³-hybridized carbons (Fsp3) is 0.227. The minimum absolute atomic E-state index is 0.0284. The predicted molar refractivity (Wildman–Crippen MR) is 119 cm³/mol. The Bertz CT molecular complexity index is 1240. The first kappa shape index (κ1) is 21.7. The molecule has 0 unspecified atom stereocenters. The van der Waals surface area contributed by atoms with Crippen LogP contribution in [0.15, 0.2) is 58.1 Å². The van der Waals surface area contributed by atoms with E-state index in [9.17, 15) is 9.18 Å². The number of benzene rings is 2. The molecule has 1 amide bonds. The Morgan fingerprint density at radius 3 is 2.53 bits per heavy atom. The molecule has 0 atom stereocenters. The van der Waals surface area contributed by atoms with E-state index in [1.165, 1.54) is 17.8 Å². The summed E-state index contributed by atoms with van der Waals surface area (Å²) in [6.45, 7) is 5.82. The quantitative estimate of drug-likeness (QED) is 0.409. The molecular weight excluding hydrogens is 431 g/mol. The average molecular weight is 453 g/mol. The van der Waals surface area contributed by atoms with Crippen molar-refractivity contribution in [1.29, 1.82) is 0 Å². The number of thioether (sulfide) groups is 1. The molecule has 0 aliphatic carbocycles. The van der Waals surface area contributed by atoms with Gasteiger partial charge in [-0.1, -0.05) is 60.5 Å². The van der Waals surface area contributed by atoms with Gasteiger partial charge >= 0.3 is 6.01 Å². The van der Waals surface area contributed by atoms with Crippen LogP contribution >= 0.6 is 11.8 Å². The smallest absolute Gasteiger partial charge is 0.322 e. The van der Waals surface area contributed by atoms with E-state index >= 15 is 0 Å². The molecule has 10 heteroatoms. The maximum Gasteiger partial charge on any atom is 0.322 e. The van der Waals surface area contributed by atoms with Gasteiger partial charge in [0.15, 0.2) is 11.0 Å². The number of aromatic nitrogens is 5. The summed E-state index contributed by atoms with van der Waals surface area (Å²) in [5.74, 6) is 0.155. The van der Waals surface area contributed by atoms with Crippen molar-refractivity contribution in [2.45, 2.75) is 31.8 Å². The van der Waals surface area contributed by atoms with Crippen molar-refractivity contribution in [3.8, 4) is 17.1 Å². The van der Waals surface area contributed by atoms with E-state index in [2.05, 4.69) is 25.7 Å². The molecule has 1 N–H and O–H groups in total. The summed E-state index contributed by atoms with van der Waals surface area (Å²) >= 11 is 1.17. The predicted octanol–water partition coefficient (Wildman–Crippen LogP) is 4.62. The molecule has 0 fully saturated rings. The van der Waals surface area contributed by atoms with Crippen molar-refractivity contribution in [2.75, 3.05) is 11.1 Å². The fourth-order valence-electron chi connectivity index (χ4n) is 2.91. The van der Waals surface area contributed by atoms with E-state index < -0.39 is 5.82 Å². The topological polar surface area (TPSA) is 98.7 Å². The van der Waals surface area contributed by atoms with Gasteiger partial charge in [0.2, 0.25) is 11.8 Å². The first-order chi connectivity index (χ1) is 15.4. The molecule has 2 heterocycles.